The minimum Gasteiger partial charge on any atom is -0.309 e. The first-order valence-electron chi connectivity index (χ1n) is 15.4. The number of benzene rings is 7. The van der Waals surface area contributed by atoms with Crippen LogP contribution < -0.4 is 4.90 Å². The van der Waals surface area contributed by atoms with Gasteiger partial charge in [0.25, 0.3) is 0 Å². The van der Waals surface area contributed by atoms with Crippen molar-refractivity contribution < 1.29 is 0 Å². The molecule has 0 saturated carbocycles. The van der Waals surface area contributed by atoms with E-state index in [2.05, 4.69) is 183 Å². The van der Waals surface area contributed by atoms with Gasteiger partial charge in [-0.25, -0.2) is 0 Å². The van der Waals surface area contributed by atoms with Crippen molar-refractivity contribution in [3.8, 4) is 33.4 Å². The van der Waals surface area contributed by atoms with Gasteiger partial charge in [-0.15, -0.1) is 0 Å². The summed E-state index contributed by atoms with van der Waals surface area (Å²) in [5.74, 6) is 0. The second-order valence-corrected chi connectivity index (χ2v) is 12.2. The fourth-order valence-corrected chi connectivity index (χ4v) is 7.02. The van der Waals surface area contributed by atoms with Crippen LogP contribution in [-0.4, -0.2) is 0 Å². The molecule has 1 aliphatic carbocycles. The van der Waals surface area contributed by atoms with Gasteiger partial charge in [0.1, 0.15) is 0 Å². The summed E-state index contributed by atoms with van der Waals surface area (Å²) in [5, 5.41) is 2.47. The lowest BCUT2D eigenvalue weighted by molar-refractivity contribution is 0.660. The van der Waals surface area contributed by atoms with Crippen molar-refractivity contribution in [1.29, 1.82) is 0 Å². The van der Waals surface area contributed by atoms with Gasteiger partial charge in [-0.2, -0.15) is 0 Å². The van der Waals surface area contributed by atoms with Crippen molar-refractivity contribution in [3.63, 3.8) is 0 Å². The quantitative estimate of drug-likeness (QED) is 0.201. The molecule has 0 atom stereocenters. The van der Waals surface area contributed by atoms with E-state index in [0.717, 1.165) is 5.69 Å². The predicted octanol–water partition coefficient (Wildman–Crippen LogP) is 11.9. The molecule has 0 N–H and O–H groups in total. The SMILES string of the molecule is CC1(C)c2ccccc2-c2c(N(c3ccc(-c4ccc(-c5ccccc5)cc4)cc3)c3cccc4ccccc34)cccc21. The summed E-state index contributed by atoms with van der Waals surface area (Å²) in [6, 6.07) is 59.5. The van der Waals surface area contributed by atoms with E-state index in [-0.39, 0.29) is 5.41 Å². The molecule has 8 rings (SSSR count). The summed E-state index contributed by atoms with van der Waals surface area (Å²) in [6.45, 7) is 4.70. The average Bonchev–Trinajstić information content (AvgIpc) is 3.33. The molecule has 0 bridgehead atoms. The molecule has 7 aromatic carbocycles. The van der Waals surface area contributed by atoms with Gasteiger partial charge in [-0.3, -0.25) is 0 Å². The zero-order valence-electron chi connectivity index (χ0n) is 25.0. The van der Waals surface area contributed by atoms with Crippen LogP contribution in [0, 0.1) is 0 Å². The molecule has 0 amide bonds. The lowest BCUT2D eigenvalue weighted by Gasteiger charge is -2.30. The van der Waals surface area contributed by atoms with Crippen LogP contribution in [0.1, 0.15) is 25.0 Å². The van der Waals surface area contributed by atoms with Crippen LogP contribution in [0.15, 0.2) is 164 Å². The number of rotatable bonds is 5. The zero-order chi connectivity index (χ0) is 29.7. The second kappa shape index (κ2) is 10.4. The number of hydrogen-bond acceptors (Lipinski definition) is 1. The van der Waals surface area contributed by atoms with Crippen LogP contribution in [0.3, 0.4) is 0 Å². The second-order valence-electron chi connectivity index (χ2n) is 12.2. The minimum absolute atomic E-state index is 0.0673. The number of nitrogens with zero attached hydrogens (tertiary/aromatic N) is 1. The van der Waals surface area contributed by atoms with Gasteiger partial charge >= 0.3 is 0 Å². The van der Waals surface area contributed by atoms with Crippen molar-refractivity contribution in [1.82, 2.24) is 0 Å². The van der Waals surface area contributed by atoms with Crippen LogP contribution in [-0.2, 0) is 5.41 Å². The monoisotopic (exact) mass is 563 g/mol. The van der Waals surface area contributed by atoms with Gasteiger partial charge < -0.3 is 4.90 Å². The van der Waals surface area contributed by atoms with Gasteiger partial charge in [0.2, 0.25) is 0 Å². The topological polar surface area (TPSA) is 3.24 Å². The molecule has 0 saturated heterocycles. The maximum Gasteiger partial charge on any atom is 0.0543 e. The summed E-state index contributed by atoms with van der Waals surface area (Å²) in [5.41, 5.74) is 13.7. The molecule has 1 aliphatic rings. The summed E-state index contributed by atoms with van der Waals surface area (Å²) in [6.07, 6.45) is 0. The van der Waals surface area contributed by atoms with Gasteiger partial charge in [-0.05, 0) is 68.6 Å². The van der Waals surface area contributed by atoms with E-state index < -0.39 is 0 Å². The van der Waals surface area contributed by atoms with Crippen LogP contribution in [0.5, 0.6) is 0 Å². The zero-order valence-corrected chi connectivity index (χ0v) is 25.0. The molecule has 210 valence electrons. The highest BCUT2D eigenvalue weighted by Gasteiger charge is 2.37. The van der Waals surface area contributed by atoms with Crippen molar-refractivity contribution in [2.24, 2.45) is 0 Å². The van der Waals surface area contributed by atoms with Crippen molar-refractivity contribution in [2.45, 2.75) is 19.3 Å². The molecule has 0 aromatic heterocycles. The number of hydrogen-bond donors (Lipinski definition) is 0. The molecular weight excluding hydrogens is 530 g/mol. The van der Waals surface area contributed by atoms with Crippen molar-refractivity contribution >= 4 is 27.8 Å². The largest absolute Gasteiger partial charge is 0.309 e. The van der Waals surface area contributed by atoms with E-state index >= 15 is 0 Å². The van der Waals surface area contributed by atoms with Gasteiger partial charge in [0.15, 0.2) is 0 Å². The van der Waals surface area contributed by atoms with E-state index in [4.69, 9.17) is 0 Å². The van der Waals surface area contributed by atoms with Crippen molar-refractivity contribution in [3.05, 3.63) is 175 Å². The van der Waals surface area contributed by atoms with E-state index in [1.807, 2.05) is 0 Å². The van der Waals surface area contributed by atoms with Gasteiger partial charge in [-0.1, -0.05) is 153 Å². The summed E-state index contributed by atoms with van der Waals surface area (Å²) in [7, 11) is 0. The van der Waals surface area contributed by atoms with Gasteiger partial charge in [0, 0.05) is 22.1 Å². The van der Waals surface area contributed by atoms with Crippen LogP contribution in [0.2, 0.25) is 0 Å². The normalized spacial score (nSPS) is 13.0. The maximum absolute atomic E-state index is 2.46. The Morgan fingerprint density at radius 2 is 0.932 bits per heavy atom. The smallest absolute Gasteiger partial charge is 0.0543 e. The first-order chi connectivity index (χ1) is 21.6. The Labute approximate surface area is 259 Å². The standard InChI is InChI=1S/C43H33N/c1-43(2)38-18-9-8-17-37(38)42-39(43)19-11-21-41(42)44(40-20-10-15-34-14-6-7-16-36(34)40)35-28-26-33(27-29-35)32-24-22-31(23-25-32)30-12-4-3-5-13-30/h3-29H,1-2H3. The fraction of sp³-hybridized carbons (Fsp3) is 0.0698. The lowest BCUT2D eigenvalue weighted by Crippen LogP contribution is -2.16. The Morgan fingerprint density at radius 3 is 1.68 bits per heavy atom. The van der Waals surface area contributed by atoms with Crippen LogP contribution in [0.4, 0.5) is 17.1 Å². The molecule has 1 nitrogen and oxygen atoms in total. The highest BCUT2D eigenvalue weighted by molar-refractivity contribution is 6.02. The molecule has 0 heterocycles. The lowest BCUT2D eigenvalue weighted by atomic mass is 9.82. The molecule has 0 fully saturated rings. The van der Waals surface area contributed by atoms with E-state index in [9.17, 15) is 0 Å². The van der Waals surface area contributed by atoms with E-state index in [0.29, 0.717) is 0 Å². The molecule has 7 aromatic rings. The summed E-state index contributed by atoms with van der Waals surface area (Å²) in [4.78, 5) is 2.46. The molecule has 44 heavy (non-hydrogen) atoms. The van der Waals surface area contributed by atoms with E-state index in [1.54, 1.807) is 0 Å². The molecule has 0 spiro atoms. The fourth-order valence-electron chi connectivity index (χ4n) is 7.02. The minimum atomic E-state index is -0.0673. The van der Waals surface area contributed by atoms with Crippen LogP contribution in [0.25, 0.3) is 44.2 Å². The first-order valence-corrected chi connectivity index (χ1v) is 15.4. The third-order valence-corrected chi connectivity index (χ3v) is 9.28. The molecule has 0 unspecified atom stereocenters. The predicted molar refractivity (Wildman–Crippen MR) is 187 cm³/mol. The third kappa shape index (κ3) is 4.24. The molecule has 0 aliphatic heterocycles. The Bertz CT molecular complexity index is 2120. The Hall–Kier alpha value is -5.40. The molecular formula is C43H33N. The Kier molecular flexibility index (Phi) is 6.20. The average molecular weight is 564 g/mol. The van der Waals surface area contributed by atoms with E-state index in [1.165, 1.54) is 66.7 Å². The summed E-state index contributed by atoms with van der Waals surface area (Å²) < 4.78 is 0. The van der Waals surface area contributed by atoms with Crippen LogP contribution >= 0.6 is 0 Å². The molecule has 1 heteroatoms. The van der Waals surface area contributed by atoms with Crippen molar-refractivity contribution in [2.75, 3.05) is 4.90 Å². The highest BCUT2D eigenvalue weighted by atomic mass is 15.1. The number of fused-ring (bicyclic) bond motifs is 4. The maximum atomic E-state index is 2.46. The Morgan fingerprint density at radius 1 is 0.409 bits per heavy atom. The molecule has 0 radical (unpaired) electrons. The third-order valence-electron chi connectivity index (χ3n) is 9.28. The first kappa shape index (κ1) is 26.2. The highest BCUT2D eigenvalue weighted by Crippen LogP contribution is 2.54. The van der Waals surface area contributed by atoms with Gasteiger partial charge in [0.05, 0.1) is 11.4 Å². The summed E-state index contributed by atoms with van der Waals surface area (Å²) >= 11 is 0. The number of anilines is 3. The Balaban J connectivity index is 1.28.